The number of fused-ring (bicyclic) bond motifs is 4. The van der Waals surface area contributed by atoms with Crippen LogP contribution < -0.4 is 10.0 Å². The third-order valence-corrected chi connectivity index (χ3v) is 10.0. The fraction of sp³-hybridized carbons (Fsp3) is 0.316. The molecule has 0 bridgehead atoms. The molecule has 18 heteroatoms. The lowest BCUT2D eigenvalue weighted by Gasteiger charge is -2.23. The number of allylic oxidation sites excluding steroid dienone is 1. The number of carbonyl (C=O) groups excluding carboxylic acids is 1. The van der Waals surface area contributed by atoms with Gasteiger partial charge in [-0.3, -0.25) is 18.9 Å². The number of rotatable bonds is 10. The first-order valence-electron chi connectivity index (χ1n) is 17.0. The summed E-state index contributed by atoms with van der Waals surface area (Å²) in [5, 5.41) is 21.4. The number of sulfonamides is 1. The van der Waals surface area contributed by atoms with Crippen molar-refractivity contribution in [3.63, 3.8) is 0 Å². The van der Waals surface area contributed by atoms with Gasteiger partial charge in [0.05, 0.1) is 29.4 Å². The zero-order valence-corrected chi connectivity index (χ0v) is 31.0. The summed E-state index contributed by atoms with van der Waals surface area (Å²) in [6, 6.07) is 9.41. The van der Waals surface area contributed by atoms with Crippen LogP contribution in [-0.4, -0.2) is 55.8 Å². The van der Waals surface area contributed by atoms with E-state index in [0.717, 1.165) is 18.4 Å². The van der Waals surface area contributed by atoms with Crippen molar-refractivity contribution >= 4 is 32.7 Å². The van der Waals surface area contributed by atoms with E-state index in [9.17, 15) is 35.9 Å². The molecule has 0 unspecified atom stereocenters. The Balaban J connectivity index is 1.37. The van der Waals surface area contributed by atoms with Gasteiger partial charge in [0.25, 0.3) is 12.3 Å². The van der Waals surface area contributed by atoms with Crippen LogP contribution in [0.15, 0.2) is 60.7 Å². The van der Waals surface area contributed by atoms with Gasteiger partial charge < -0.3 is 10.4 Å². The smallest absolute Gasteiger partial charge is 0.297 e. The molecule has 11 nitrogen and oxygen atoms in total. The number of para-hydroxylation sites is 1. The molecule has 0 saturated heterocycles. The van der Waals surface area contributed by atoms with Gasteiger partial charge in [0, 0.05) is 41.1 Å². The largest absolute Gasteiger partial charge is 0.378 e. The Morgan fingerprint density at radius 3 is 2.41 bits per heavy atom. The summed E-state index contributed by atoms with van der Waals surface area (Å²) in [5.41, 5.74) is -2.04. The molecule has 0 aliphatic heterocycles. The number of aromatic nitrogens is 5. The normalized spacial score (nSPS) is 17.7. The van der Waals surface area contributed by atoms with E-state index in [-0.39, 0.29) is 40.3 Å². The number of amides is 1. The van der Waals surface area contributed by atoms with E-state index in [1.54, 1.807) is 31.3 Å². The molecular formula is C38H33F6N7O4S. The Morgan fingerprint density at radius 2 is 1.77 bits per heavy atom. The molecule has 1 amide bonds. The third kappa shape index (κ3) is 7.23. The minimum Gasteiger partial charge on any atom is -0.378 e. The lowest BCUT2D eigenvalue weighted by Crippen LogP contribution is -2.35. The second-order valence-corrected chi connectivity index (χ2v) is 16.1. The van der Waals surface area contributed by atoms with Crippen molar-refractivity contribution in [1.29, 1.82) is 0 Å². The fourth-order valence-electron chi connectivity index (χ4n) is 7.30. The molecule has 56 heavy (non-hydrogen) atoms. The number of nitrogens with one attached hydrogen (secondary N) is 2. The fourth-order valence-corrected chi connectivity index (χ4v) is 7.80. The predicted molar refractivity (Wildman–Crippen MR) is 193 cm³/mol. The van der Waals surface area contributed by atoms with E-state index in [1.165, 1.54) is 24.6 Å². The number of nitrogens with zero attached hydrogens (tertiary/aromatic N) is 5. The van der Waals surface area contributed by atoms with Crippen LogP contribution in [0.3, 0.4) is 0 Å². The molecule has 2 aliphatic carbocycles. The number of carbonyl (C=O) groups is 1. The predicted octanol–water partition coefficient (Wildman–Crippen LogP) is 6.02. The van der Waals surface area contributed by atoms with Crippen LogP contribution in [0.25, 0.3) is 22.0 Å². The van der Waals surface area contributed by atoms with Crippen molar-refractivity contribution in [3.05, 3.63) is 106 Å². The SMILES string of the molecule is C=C1[C@@H]2c3c(C(F)F)nn(CC(=O)N[C@@H](Cc4cc(F)cc(F)c4)c4nc(C#CC(C)(C)O)ccc4-c4cccc5c(NS(C)(=O)=O)nn(C)c45)c3C(F)(F)[C@H]12. The molecule has 1 fully saturated rings. The Hall–Kier alpha value is -5.67. The second kappa shape index (κ2) is 13.5. The minimum absolute atomic E-state index is 0.0158. The lowest BCUT2D eigenvalue weighted by molar-refractivity contribution is -0.122. The zero-order chi connectivity index (χ0) is 40.6. The second-order valence-electron chi connectivity index (χ2n) is 14.3. The van der Waals surface area contributed by atoms with E-state index >= 15 is 8.78 Å². The topological polar surface area (TPSA) is 144 Å². The highest BCUT2D eigenvalue weighted by Crippen LogP contribution is 2.71. The van der Waals surface area contributed by atoms with Gasteiger partial charge in [0.15, 0.2) is 5.82 Å². The van der Waals surface area contributed by atoms with E-state index in [2.05, 4.69) is 38.7 Å². The molecule has 3 atom stereocenters. The molecule has 2 aliphatic rings. The van der Waals surface area contributed by atoms with Crippen molar-refractivity contribution in [2.24, 2.45) is 13.0 Å². The monoisotopic (exact) mass is 797 g/mol. The number of hydrogen-bond donors (Lipinski definition) is 3. The minimum atomic E-state index is -3.76. The Morgan fingerprint density at radius 1 is 1.07 bits per heavy atom. The van der Waals surface area contributed by atoms with Gasteiger partial charge >= 0.3 is 0 Å². The summed E-state index contributed by atoms with van der Waals surface area (Å²) in [6.07, 6.45) is -2.58. The highest BCUT2D eigenvalue weighted by Gasteiger charge is 2.70. The number of halogens is 6. The third-order valence-electron chi connectivity index (χ3n) is 9.44. The Kier molecular flexibility index (Phi) is 9.32. The van der Waals surface area contributed by atoms with Crippen molar-refractivity contribution in [2.45, 2.75) is 56.7 Å². The number of alkyl halides is 4. The van der Waals surface area contributed by atoms with Gasteiger partial charge in [-0.15, -0.1) is 0 Å². The van der Waals surface area contributed by atoms with Crippen LogP contribution in [-0.2, 0) is 40.8 Å². The van der Waals surface area contributed by atoms with E-state index < -0.39 is 81.3 Å². The van der Waals surface area contributed by atoms with Gasteiger partial charge in [-0.2, -0.15) is 19.0 Å². The van der Waals surface area contributed by atoms with Crippen LogP contribution in [0, 0.1) is 29.4 Å². The van der Waals surface area contributed by atoms with Crippen molar-refractivity contribution in [1.82, 2.24) is 29.9 Å². The maximum Gasteiger partial charge on any atom is 0.297 e. The van der Waals surface area contributed by atoms with Gasteiger partial charge in [-0.05, 0) is 62.1 Å². The van der Waals surface area contributed by atoms with Crippen molar-refractivity contribution < 1.29 is 44.7 Å². The number of aliphatic hydroxyl groups is 1. The quantitative estimate of drug-likeness (QED) is 0.0892. The highest BCUT2D eigenvalue weighted by molar-refractivity contribution is 7.92. The average molecular weight is 798 g/mol. The first-order chi connectivity index (χ1) is 26.1. The first-order valence-corrected chi connectivity index (χ1v) is 18.9. The van der Waals surface area contributed by atoms with Crippen LogP contribution >= 0.6 is 0 Å². The van der Waals surface area contributed by atoms with Crippen LogP contribution in [0.1, 0.15) is 66.1 Å². The summed E-state index contributed by atoms with van der Waals surface area (Å²) in [7, 11) is -2.19. The summed E-state index contributed by atoms with van der Waals surface area (Å²) in [4.78, 5) is 18.6. The molecule has 0 spiro atoms. The summed E-state index contributed by atoms with van der Waals surface area (Å²) < 4.78 is 117. The molecule has 3 aromatic heterocycles. The van der Waals surface area contributed by atoms with E-state index in [0.29, 0.717) is 32.8 Å². The van der Waals surface area contributed by atoms with Crippen molar-refractivity contribution in [2.75, 3.05) is 11.0 Å². The molecule has 7 rings (SSSR count). The summed E-state index contributed by atoms with van der Waals surface area (Å²) in [5.74, 6) is -3.44. The Labute approximate surface area is 316 Å². The number of anilines is 1. The molecule has 292 valence electrons. The number of pyridine rings is 1. The van der Waals surface area contributed by atoms with Crippen LogP contribution in [0.2, 0.25) is 0 Å². The molecule has 2 aromatic carbocycles. The summed E-state index contributed by atoms with van der Waals surface area (Å²) >= 11 is 0. The maximum atomic E-state index is 15.5. The highest BCUT2D eigenvalue weighted by atomic mass is 32.2. The van der Waals surface area contributed by atoms with E-state index in [4.69, 9.17) is 4.98 Å². The van der Waals surface area contributed by atoms with Gasteiger partial charge in [0.2, 0.25) is 15.9 Å². The molecule has 3 N–H and O–H groups in total. The zero-order valence-electron chi connectivity index (χ0n) is 30.1. The summed E-state index contributed by atoms with van der Waals surface area (Å²) in [6.45, 7) is 5.54. The average Bonchev–Trinajstić information content (AvgIpc) is 3.31. The molecule has 5 aromatic rings. The number of hydrogen-bond acceptors (Lipinski definition) is 7. The number of aryl methyl sites for hydroxylation is 1. The van der Waals surface area contributed by atoms with E-state index in [1.807, 2.05) is 0 Å². The van der Waals surface area contributed by atoms with Crippen LogP contribution in [0.4, 0.5) is 32.2 Å². The molecule has 0 radical (unpaired) electrons. The Bertz CT molecular complexity index is 2620. The van der Waals surface area contributed by atoms with Crippen LogP contribution in [0.5, 0.6) is 0 Å². The standard InChI is InChI=1S/C38H33F6N7O4S/c1-18-28-29-32(35(41)42)47-51(34(29)38(43,44)30(18)28)17-27(52)46-26(15-19-13-20(39)16-21(40)14-19)31-23(10-9-22(45-31)11-12-37(2,3)53)24-7-6-8-25-33(24)50(4)48-36(25)49-56(5,54)55/h6-10,13-14,16,26,28,30,35,53H,1,15,17H2,2-5H3,(H,46,52)(H,48,49)/t26-,28+,30+/m0/s1. The van der Waals surface area contributed by atoms with Gasteiger partial charge in [0.1, 0.15) is 40.9 Å². The van der Waals surface area contributed by atoms with Gasteiger partial charge in [-0.25, -0.2) is 31.0 Å². The lowest BCUT2D eigenvalue weighted by atomic mass is 9.93. The molecule has 1 saturated carbocycles. The maximum absolute atomic E-state index is 15.5. The first kappa shape index (κ1) is 38.6. The molecular weight excluding hydrogens is 765 g/mol. The molecule has 3 heterocycles. The number of benzene rings is 2. The van der Waals surface area contributed by atoms with Crippen molar-refractivity contribution in [3.8, 4) is 23.0 Å². The van der Waals surface area contributed by atoms with Gasteiger partial charge in [-0.1, -0.05) is 30.2 Å².